The number of amides is 1. The summed E-state index contributed by atoms with van der Waals surface area (Å²) in [5.74, 6) is 0. The Kier molecular flexibility index (Phi) is 5.41. The van der Waals surface area contributed by atoms with Gasteiger partial charge in [-0.25, -0.2) is 4.79 Å². The molecule has 1 N–H and O–H groups in total. The molecule has 1 aromatic carbocycles. The molecular weight excluding hydrogens is 252 g/mol. The number of rotatable bonds is 4. The van der Waals surface area contributed by atoms with Gasteiger partial charge in [0.1, 0.15) is 6.10 Å². The third kappa shape index (κ3) is 4.85. The molecular formula is C16H24N2O2. The molecule has 0 aromatic heterocycles. The van der Waals surface area contributed by atoms with Gasteiger partial charge in [0.15, 0.2) is 0 Å². The van der Waals surface area contributed by atoms with Crippen LogP contribution < -0.4 is 5.32 Å². The van der Waals surface area contributed by atoms with Gasteiger partial charge in [0.2, 0.25) is 0 Å². The number of piperidine rings is 1. The van der Waals surface area contributed by atoms with Gasteiger partial charge in [-0.15, -0.1) is 0 Å². The largest absolute Gasteiger partial charge is 0.445 e. The van der Waals surface area contributed by atoms with Crippen molar-refractivity contribution in [1.29, 1.82) is 0 Å². The number of alkyl carbamates (subject to hydrolysis) is 1. The topological polar surface area (TPSA) is 41.6 Å². The van der Waals surface area contributed by atoms with Crippen molar-refractivity contribution in [3.8, 4) is 0 Å². The molecule has 0 bridgehead atoms. The predicted molar refractivity (Wildman–Crippen MR) is 79.5 cm³/mol. The number of nitrogens with one attached hydrogen (secondary N) is 1. The minimum Gasteiger partial charge on any atom is -0.445 e. The Morgan fingerprint density at radius 3 is 2.85 bits per heavy atom. The van der Waals surface area contributed by atoms with Crippen LogP contribution in [0.25, 0.3) is 0 Å². The van der Waals surface area contributed by atoms with Crippen LogP contribution in [0.2, 0.25) is 0 Å². The Morgan fingerprint density at radius 2 is 2.15 bits per heavy atom. The lowest BCUT2D eigenvalue weighted by Crippen LogP contribution is -2.42. The number of carbonyl (C=O) groups excluding carboxylic acids is 1. The second-order valence-electron chi connectivity index (χ2n) is 5.69. The molecule has 2 rings (SSSR count). The lowest BCUT2D eigenvalue weighted by Gasteiger charge is -2.32. The van der Waals surface area contributed by atoms with Gasteiger partial charge < -0.3 is 10.1 Å². The third-order valence-corrected chi connectivity index (χ3v) is 3.39. The third-order valence-electron chi connectivity index (χ3n) is 3.39. The second-order valence-corrected chi connectivity index (χ2v) is 5.69. The van der Waals surface area contributed by atoms with E-state index >= 15 is 0 Å². The maximum absolute atomic E-state index is 11.6. The van der Waals surface area contributed by atoms with Gasteiger partial charge in [-0.05, 0) is 38.8 Å². The van der Waals surface area contributed by atoms with Crippen molar-refractivity contribution < 1.29 is 9.53 Å². The molecule has 1 amide bonds. The summed E-state index contributed by atoms with van der Waals surface area (Å²) in [6.07, 6.45) is 1.74. The van der Waals surface area contributed by atoms with Crippen LogP contribution >= 0.6 is 0 Å². The summed E-state index contributed by atoms with van der Waals surface area (Å²) in [4.78, 5) is 14.0. The van der Waals surface area contributed by atoms with E-state index in [-0.39, 0.29) is 18.2 Å². The first-order valence-corrected chi connectivity index (χ1v) is 7.37. The lowest BCUT2D eigenvalue weighted by atomic mass is 10.1. The average molecular weight is 276 g/mol. The molecule has 1 atom stereocenters. The van der Waals surface area contributed by atoms with Gasteiger partial charge in [-0.2, -0.15) is 0 Å². The molecule has 1 fully saturated rings. The van der Waals surface area contributed by atoms with Gasteiger partial charge in [0.25, 0.3) is 0 Å². The van der Waals surface area contributed by atoms with Crippen LogP contribution in [0.4, 0.5) is 4.79 Å². The highest BCUT2D eigenvalue weighted by molar-refractivity contribution is 5.67. The van der Waals surface area contributed by atoms with E-state index in [0.29, 0.717) is 0 Å². The van der Waals surface area contributed by atoms with Crippen molar-refractivity contribution in [3.63, 3.8) is 0 Å². The van der Waals surface area contributed by atoms with Crippen LogP contribution in [0.5, 0.6) is 0 Å². The van der Waals surface area contributed by atoms with Gasteiger partial charge in [0.05, 0.1) is 0 Å². The van der Waals surface area contributed by atoms with E-state index in [2.05, 4.69) is 34.5 Å². The Labute approximate surface area is 121 Å². The number of likely N-dealkylation sites (tertiary alicyclic amines) is 1. The summed E-state index contributed by atoms with van der Waals surface area (Å²) in [5.41, 5.74) is 1.31. The molecule has 0 radical (unpaired) electrons. The molecule has 20 heavy (non-hydrogen) atoms. The van der Waals surface area contributed by atoms with Crippen molar-refractivity contribution >= 4 is 6.09 Å². The minimum absolute atomic E-state index is 0.00575. The number of nitrogens with zero attached hydrogens (tertiary/aromatic N) is 1. The van der Waals surface area contributed by atoms with E-state index in [0.717, 1.165) is 32.5 Å². The number of benzene rings is 1. The van der Waals surface area contributed by atoms with E-state index < -0.39 is 0 Å². The van der Waals surface area contributed by atoms with Gasteiger partial charge in [0, 0.05) is 19.1 Å². The van der Waals surface area contributed by atoms with E-state index in [9.17, 15) is 4.79 Å². The molecule has 1 aromatic rings. The smallest absolute Gasteiger partial charge is 0.407 e. The van der Waals surface area contributed by atoms with E-state index in [1.54, 1.807) is 0 Å². The van der Waals surface area contributed by atoms with Crippen molar-refractivity contribution in [2.45, 2.75) is 45.4 Å². The van der Waals surface area contributed by atoms with E-state index in [4.69, 9.17) is 4.74 Å². The van der Waals surface area contributed by atoms with Crippen LogP contribution in [0.3, 0.4) is 0 Å². The summed E-state index contributed by atoms with van der Waals surface area (Å²) >= 11 is 0. The highest BCUT2D eigenvalue weighted by Crippen LogP contribution is 2.16. The minimum atomic E-state index is -0.299. The zero-order chi connectivity index (χ0) is 14.4. The van der Waals surface area contributed by atoms with Gasteiger partial charge in [-0.1, -0.05) is 30.3 Å². The fourth-order valence-electron chi connectivity index (χ4n) is 2.52. The van der Waals surface area contributed by atoms with Gasteiger partial charge in [-0.3, -0.25) is 4.90 Å². The molecule has 1 aliphatic rings. The Morgan fingerprint density at radius 1 is 1.40 bits per heavy atom. The van der Waals surface area contributed by atoms with E-state index in [1.807, 2.05) is 19.9 Å². The Hall–Kier alpha value is -1.55. The highest BCUT2D eigenvalue weighted by Gasteiger charge is 2.23. The summed E-state index contributed by atoms with van der Waals surface area (Å²) in [5, 5.41) is 2.77. The van der Waals surface area contributed by atoms with Crippen molar-refractivity contribution in [2.24, 2.45) is 0 Å². The zero-order valence-electron chi connectivity index (χ0n) is 12.3. The number of carbonyl (C=O) groups is 1. The maximum atomic E-state index is 11.6. The molecule has 0 aliphatic carbocycles. The lowest BCUT2D eigenvalue weighted by molar-refractivity contribution is 0.0388. The molecule has 1 heterocycles. The fourth-order valence-corrected chi connectivity index (χ4v) is 2.52. The summed E-state index contributed by atoms with van der Waals surface area (Å²) in [7, 11) is 0. The molecule has 0 saturated carbocycles. The summed E-state index contributed by atoms with van der Waals surface area (Å²) in [6, 6.07) is 10.5. The van der Waals surface area contributed by atoms with Crippen molar-refractivity contribution in [3.05, 3.63) is 35.9 Å². The summed E-state index contributed by atoms with van der Waals surface area (Å²) in [6.45, 7) is 6.68. The van der Waals surface area contributed by atoms with Crippen LogP contribution in [0.15, 0.2) is 30.3 Å². The molecule has 4 nitrogen and oxygen atoms in total. The Balaban J connectivity index is 1.81. The highest BCUT2D eigenvalue weighted by atomic mass is 16.6. The van der Waals surface area contributed by atoms with Gasteiger partial charge >= 0.3 is 6.09 Å². The molecule has 1 aliphatic heterocycles. The normalized spacial score (nSPS) is 19.9. The molecule has 1 unspecified atom stereocenters. The number of hydrogen-bond acceptors (Lipinski definition) is 3. The van der Waals surface area contributed by atoms with Crippen LogP contribution in [-0.2, 0) is 11.3 Å². The predicted octanol–water partition coefficient (Wildman–Crippen LogP) is 2.79. The first-order chi connectivity index (χ1) is 9.63. The molecule has 110 valence electrons. The van der Waals surface area contributed by atoms with Crippen molar-refractivity contribution in [2.75, 3.05) is 13.1 Å². The SMILES string of the molecule is CC(C)NC(=O)OC1CCCN(Cc2ccccc2)C1. The quantitative estimate of drug-likeness (QED) is 0.919. The standard InChI is InChI=1S/C16H24N2O2/c1-13(2)17-16(19)20-15-9-6-10-18(12-15)11-14-7-4-3-5-8-14/h3-5,7-8,13,15H,6,9-12H2,1-2H3,(H,17,19). The maximum Gasteiger partial charge on any atom is 0.407 e. The summed E-state index contributed by atoms with van der Waals surface area (Å²) < 4.78 is 5.48. The Bertz CT molecular complexity index is 420. The van der Waals surface area contributed by atoms with Crippen LogP contribution in [-0.4, -0.2) is 36.2 Å². The number of hydrogen-bond donors (Lipinski definition) is 1. The first-order valence-electron chi connectivity index (χ1n) is 7.37. The average Bonchev–Trinajstić information content (AvgIpc) is 2.39. The monoisotopic (exact) mass is 276 g/mol. The zero-order valence-corrected chi connectivity index (χ0v) is 12.3. The van der Waals surface area contributed by atoms with Crippen LogP contribution in [0, 0.1) is 0 Å². The fraction of sp³-hybridized carbons (Fsp3) is 0.562. The molecule has 1 saturated heterocycles. The first kappa shape index (κ1) is 14.9. The molecule has 0 spiro atoms. The van der Waals surface area contributed by atoms with Crippen LogP contribution in [0.1, 0.15) is 32.3 Å². The van der Waals surface area contributed by atoms with E-state index in [1.165, 1.54) is 5.56 Å². The van der Waals surface area contributed by atoms with Crippen molar-refractivity contribution in [1.82, 2.24) is 10.2 Å². The number of ether oxygens (including phenoxy) is 1. The second kappa shape index (κ2) is 7.29. The molecule has 4 heteroatoms.